The van der Waals surface area contributed by atoms with Crippen LogP contribution in [0.4, 0.5) is 4.39 Å². The molecule has 0 amide bonds. The second-order valence-electron chi connectivity index (χ2n) is 3.65. The summed E-state index contributed by atoms with van der Waals surface area (Å²) in [5.41, 5.74) is 0.0280. The van der Waals surface area contributed by atoms with Crippen molar-refractivity contribution in [3.05, 3.63) is 63.6 Å². The molecule has 1 aromatic carbocycles. The molecule has 0 aliphatic rings. The first-order valence-electron chi connectivity index (χ1n) is 5.14. The van der Waals surface area contributed by atoms with Crippen molar-refractivity contribution in [2.45, 2.75) is 0 Å². The zero-order chi connectivity index (χ0) is 14.0. The molecule has 0 saturated heterocycles. The number of carbonyl (C=O) groups excluding carboxylic acids is 2. The first kappa shape index (κ1) is 13.6. The summed E-state index contributed by atoms with van der Waals surface area (Å²) < 4.78 is 12.9. The minimum atomic E-state index is -0.834. The lowest BCUT2D eigenvalue weighted by Crippen LogP contribution is -2.14. The molecule has 0 bridgehead atoms. The second kappa shape index (κ2) is 5.47. The maximum atomic E-state index is 12.9. The van der Waals surface area contributed by atoms with Crippen molar-refractivity contribution in [2.24, 2.45) is 0 Å². The fourth-order valence-corrected chi connectivity index (χ4v) is 1.74. The monoisotopic (exact) mass is 297 g/mol. The van der Waals surface area contributed by atoms with Crippen molar-refractivity contribution in [3.63, 3.8) is 0 Å². The normalized spacial score (nSPS) is 10.3. The minimum absolute atomic E-state index is 0.0661. The molecule has 1 heterocycles. The van der Waals surface area contributed by atoms with Crippen LogP contribution in [0.1, 0.15) is 20.7 Å². The summed E-state index contributed by atoms with van der Waals surface area (Å²) in [5, 5.41) is 0.446. The van der Waals surface area contributed by atoms with Crippen molar-refractivity contribution in [2.75, 3.05) is 0 Å². The average molecular weight is 298 g/mol. The van der Waals surface area contributed by atoms with Gasteiger partial charge in [0.05, 0.1) is 10.0 Å². The third-order valence-electron chi connectivity index (χ3n) is 2.38. The first-order valence-corrected chi connectivity index (χ1v) is 5.90. The van der Waals surface area contributed by atoms with Crippen LogP contribution in [-0.4, -0.2) is 16.6 Å². The van der Waals surface area contributed by atoms with E-state index in [-0.39, 0.29) is 21.2 Å². The Morgan fingerprint density at radius 1 is 0.947 bits per heavy atom. The van der Waals surface area contributed by atoms with Crippen molar-refractivity contribution < 1.29 is 14.0 Å². The van der Waals surface area contributed by atoms with Crippen LogP contribution < -0.4 is 0 Å². The molecule has 1 aromatic heterocycles. The topological polar surface area (TPSA) is 47.0 Å². The molecule has 96 valence electrons. The maximum absolute atomic E-state index is 12.9. The number of nitrogens with zero attached hydrogens (tertiary/aromatic N) is 1. The van der Waals surface area contributed by atoms with Crippen molar-refractivity contribution in [1.29, 1.82) is 0 Å². The number of benzene rings is 1. The standard InChI is InChI=1S/C13H6Cl2FNO2/c14-9-2-1-7(5-10(9)15)12(18)13(19)8-3-4-17-11(16)6-8/h1-6H. The number of aromatic nitrogens is 1. The molecular formula is C13H6Cl2FNO2. The molecule has 0 aliphatic carbocycles. The number of carbonyl (C=O) groups is 2. The highest BCUT2D eigenvalue weighted by molar-refractivity contribution is 6.50. The van der Waals surface area contributed by atoms with Gasteiger partial charge in [-0.05, 0) is 24.3 Å². The van der Waals surface area contributed by atoms with Gasteiger partial charge in [0, 0.05) is 23.4 Å². The SMILES string of the molecule is O=C(C(=O)c1ccc(Cl)c(Cl)c1)c1ccnc(F)c1. The smallest absolute Gasteiger partial charge is 0.233 e. The summed E-state index contributed by atoms with van der Waals surface area (Å²) in [4.78, 5) is 27.1. The second-order valence-corrected chi connectivity index (χ2v) is 4.47. The summed E-state index contributed by atoms with van der Waals surface area (Å²) in [7, 11) is 0. The Bertz CT molecular complexity index is 673. The molecule has 2 rings (SSSR count). The van der Waals surface area contributed by atoms with E-state index in [0.29, 0.717) is 0 Å². The quantitative estimate of drug-likeness (QED) is 0.494. The van der Waals surface area contributed by atoms with Gasteiger partial charge in [0.15, 0.2) is 0 Å². The van der Waals surface area contributed by atoms with E-state index in [1.54, 1.807) is 0 Å². The van der Waals surface area contributed by atoms with Gasteiger partial charge in [-0.2, -0.15) is 4.39 Å². The Balaban J connectivity index is 2.33. The van der Waals surface area contributed by atoms with E-state index in [1.165, 1.54) is 24.3 Å². The zero-order valence-electron chi connectivity index (χ0n) is 9.36. The van der Waals surface area contributed by atoms with E-state index in [4.69, 9.17) is 23.2 Å². The molecule has 0 unspecified atom stereocenters. The van der Waals surface area contributed by atoms with Gasteiger partial charge in [0.1, 0.15) is 0 Å². The van der Waals surface area contributed by atoms with Crippen LogP contribution in [0.5, 0.6) is 0 Å². The molecule has 0 radical (unpaired) electrons. The number of hydrogen-bond donors (Lipinski definition) is 0. The van der Waals surface area contributed by atoms with Gasteiger partial charge in [0.25, 0.3) is 0 Å². The number of pyridine rings is 1. The molecule has 0 spiro atoms. The fraction of sp³-hybridized carbons (Fsp3) is 0. The molecule has 3 nitrogen and oxygen atoms in total. The van der Waals surface area contributed by atoms with Crippen LogP contribution in [-0.2, 0) is 0 Å². The van der Waals surface area contributed by atoms with Gasteiger partial charge < -0.3 is 0 Å². The van der Waals surface area contributed by atoms with E-state index in [9.17, 15) is 14.0 Å². The summed E-state index contributed by atoms with van der Waals surface area (Å²) in [6.07, 6.45) is 1.12. The van der Waals surface area contributed by atoms with Crippen LogP contribution in [0.2, 0.25) is 10.0 Å². The molecular weight excluding hydrogens is 292 g/mol. The Hall–Kier alpha value is -1.78. The van der Waals surface area contributed by atoms with Crippen molar-refractivity contribution in [1.82, 2.24) is 4.98 Å². The van der Waals surface area contributed by atoms with Gasteiger partial charge in [0.2, 0.25) is 17.5 Å². The van der Waals surface area contributed by atoms with E-state index in [2.05, 4.69) is 4.98 Å². The van der Waals surface area contributed by atoms with Gasteiger partial charge in [-0.1, -0.05) is 23.2 Å². The van der Waals surface area contributed by atoms with Crippen LogP contribution in [0, 0.1) is 5.95 Å². The van der Waals surface area contributed by atoms with Gasteiger partial charge in [-0.25, -0.2) is 4.98 Å². The Labute approximate surface area is 118 Å². The van der Waals surface area contributed by atoms with Crippen LogP contribution in [0.15, 0.2) is 36.5 Å². The van der Waals surface area contributed by atoms with Gasteiger partial charge >= 0.3 is 0 Å². The van der Waals surface area contributed by atoms with Crippen LogP contribution >= 0.6 is 23.2 Å². The molecule has 0 N–H and O–H groups in total. The van der Waals surface area contributed by atoms with E-state index in [0.717, 1.165) is 12.3 Å². The third-order valence-corrected chi connectivity index (χ3v) is 3.12. The lowest BCUT2D eigenvalue weighted by Gasteiger charge is -2.02. The number of hydrogen-bond acceptors (Lipinski definition) is 3. The minimum Gasteiger partial charge on any atom is -0.285 e. The number of halogens is 3. The number of ketones is 2. The molecule has 0 aliphatic heterocycles. The van der Waals surface area contributed by atoms with Crippen LogP contribution in [0.25, 0.3) is 0 Å². The first-order chi connectivity index (χ1) is 8.99. The fourth-order valence-electron chi connectivity index (χ4n) is 1.44. The van der Waals surface area contributed by atoms with Crippen LogP contribution in [0.3, 0.4) is 0 Å². The highest BCUT2D eigenvalue weighted by Gasteiger charge is 2.19. The lowest BCUT2D eigenvalue weighted by molar-refractivity contribution is 0.0816. The predicted molar refractivity (Wildman–Crippen MR) is 69.3 cm³/mol. The van der Waals surface area contributed by atoms with E-state index in [1.807, 2.05) is 0 Å². The highest BCUT2D eigenvalue weighted by atomic mass is 35.5. The largest absolute Gasteiger partial charge is 0.285 e. The third kappa shape index (κ3) is 2.97. The summed E-state index contributed by atoms with van der Waals surface area (Å²) in [6.45, 7) is 0. The summed E-state index contributed by atoms with van der Waals surface area (Å²) in [5.74, 6) is -2.45. The Kier molecular flexibility index (Phi) is 3.93. The number of Topliss-reactive ketones (excluding diaryl/α,β-unsaturated/α-hetero) is 2. The maximum Gasteiger partial charge on any atom is 0.233 e. The molecule has 19 heavy (non-hydrogen) atoms. The van der Waals surface area contributed by atoms with E-state index >= 15 is 0 Å². The molecule has 0 fully saturated rings. The highest BCUT2D eigenvalue weighted by Crippen LogP contribution is 2.23. The molecule has 0 atom stereocenters. The Morgan fingerprint density at radius 3 is 2.16 bits per heavy atom. The average Bonchev–Trinajstić information content (AvgIpc) is 2.40. The zero-order valence-corrected chi connectivity index (χ0v) is 10.9. The number of rotatable bonds is 3. The molecule has 0 saturated carbocycles. The molecule has 2 aromatic rings. The molecule has 6 heteroatoms. The van der Waals surface area contributed by atoms with E-state index < -0.39 is 17.5 Å². The van der Waals surface area contributed by atoms with Crippen molar-refractivity contribution in [3.8, 4) is 0 Å². The van der Waals surface area contributed by atoms with Gasteiger partial charge in [-0.3, -0.25) is 9.59 Å². The predicted octanol–water partition coefficient (Wildman–Crippen LogP) is 3.59. The van der Waals surface area contributed by atoms with Gasteiger partial charge in [-0.15, -0.1) is 0 Å². The lowest BCUT2D eigenvalue weighted by atomic mass is 10.0. The van der Waals surface area contributed by atoms with Crippen molar-refractivity contribution >= 4 is 34.8 Å². The Morgan fingerprint density at radius 2 is 1.58 bits per heavy atom. The summed E-state index contributed by atoms with van der Waals surface area (Å²) in [6, 6.07) is 6.25. The summed E-state index contributed by atoms with van der Waals surface area (Å²) >= 11 is 11.5.